The fourth-order valence-corrected chi connectivity index (χ4v) is 2.15. The highest BCUT2D eigenvalue weighted by atomic mass is 31.2. The first-order chi connectivity index (χ1) is 9.68. The molecule has 0 aliphatic heterocycles. The van der Waals surface area contributed by atoms with Crippen LogP contribution in [0.15, 0.2) is 17.3 Å². The van der Waals surface area contributed by atoms with E-state index in [1.165, 1.54) is 6.33 Å². The molecule has 2 heterocycles. The first kappa shape index (κ1) is 15.1. The van der Waals surface area contributed by atoms with E-state index in [1.54, 1.807) is 6.20 Å². The monoisotopic (exact) mass is 300 g/mol. The first-order valence-corrected chi connectivity index (χ1v) is 7.40. The molecule has 8 nitrogen and oxygen atoms in total. The van der Waals surface area contributed by atoms with Gasteiger partial charge in [0.2, 0.25) is 0 Å². The molecule has 0 aliphatic carbocycles. The molecule has 2 aromatic heterocycles. The largest absolute Gasteiger partial charge is 0.355 e. The highest BCUT2D eigenvalue weighted by Gasteiger charge is 2.06. The van der Waals surface area contributed by atoms with E-state index in [2.05, 4.69) is 24.8 Å². The van der Waals surface area contributed by atoms with Crippen molar-refractivity contribution in [1.29, 1.82) is 0 Å². The number of nitrogens with zero attached hydrogens (tertiary/aromatic N) is 1. The van der Waals surface area contributed by atoms with Gasteiger partial charge in [0.05, 0.1) is 18.5 Å². The Balaban J connectivity index is 1.74. The standard InChI is InChI=1S/C11H17N4O4P/c16-11-10-9(14-7-15-11)8(6-13-10)5-12-3-1-2-4-19-20(17)18/h6-7,12-13,17-18H,1-5H2,(H,14,15,16). The molecule has 20 heavy (non-hydrogen) atoms. The molecule has 0 saturated heterocycles. The zero-order chi connectivity index (χ0) is 14.4. The summed E-state index contributed by atoms with van der Waals surface area (Å²) >= 11 is 0. The Morgan fingerprint density at radius 1 is 1.35 bits per heavy atom. The van der Waals surface area contributed by atoms with Crippen LogP contribution in [0.1, 0.15) is 18.4 Å². The van der Waals surface area contributed by atoms with Crippen LogP contribution in [-0.2, 0) is 11.1 Å². The van der Waals surface area contributed by atoms with E-state index in [0.29, 0.717) is 24.2 Å². The number of aromatic amines is 2. The van der Waals surface area contributed by atoms with Gasteiger partial charge >= 0.3 is 8.60 Å². The van der Waals surface area contributed by atoms with Gasteiger partial charge in [0.25, 0.3) is 5.56 Å². The van der Waals surface area contributed by atoms with Gasteiger partial charge in [-0.15, -0.1) is 0 Å². The fourth-order valence-electron chi connectivity index (χ4n) is 1.86. The highest BCUT2D eigenvalue weighted by molar-refractivity contribution is 7.39. The normalized spacial score (nSPS) is 11.6. The number of hydrogen-bond acceptors (Lipinski definition) is 6. The molecular weight excluding hydrogens is 283 g/mol. The van der Waals surface area contributed by atoms with Gasteiger partial charge < -0.3 is 29.6 Å². The molecular formula is C11H17N4O4P. The van der Waals surface area contributed by atoms with Crippen LogP contribution in [0.5, 0.6) is 0 Å². The molecule has 5 N–H and O–H groups in total. The minimum absolute atomic E-state index is 0.178. The van der Waals surface area contributed by atoms with Crippen LogP contribution < -0.4 is 10.9 Å². The molecule has 0 saturated carbocycles. The maximum Gasteiger partial charge on any atom is 0.327 e. The van der Waals surface area contributed by atoms with Gasteiger partial charge in [0.15, 0.2) is 0 Å². The van der Waals surface area contributed by atoms with Gasteiger partial charge in [-0.3, -0.25) is 4.79 Å². The van der Waals surface area contributed by atoms with Crippen molar-refractivity contribution in [3.8, 4) is 0 Å². The summed E-state index contributed by atoms with van der Waals surface area (Å²) in [4.78, 5) is 38.2. The van der Waals surface area contributed by atoms with Crippen LogP contribution in [0.4, 0.5) is 0 Å². The second kappa shape index (κ2) is 7.47. The van der Waals surface area contributed by atoms with Crippen LogP contribution in [0.2, 0.25) is 0 Å². The minimum Gasteiger partial charge on any atom is -0.355 e. The van der Waals surface area contributed by atoms with Crippen molar-refractivity contribution in [1.82, 2.24) is 20.3 Å². The smallest absolute Gasteiger partial charge is 0.327 e. The van der Waals surface area contributed by atoms with E-state index in [4.69, 9.17) is 9.79 Å². The van der Waals surface area contributed by atoms with Gasteiger partial charge in [0, 0.05) is 18.3 Å². The summed E-state index contributed by atoms with van der Waals surface area (Å²) in [5.74, 6) is 0. The van der Waals surface area contributed by atoms with Crippen LogP contribution in [-0.4, -0.2) is 37.9 Å². The van der Waals surface area contributed by atoms with Crippen LogP contribution in [0, 0.1) is 0 Å². The van der Waals surface area contributed by atoms with Crippen LogP contribution in [0.3, 0.4) is 0 Å². The molecule has 110 valence electrons. The molecule has 2 rings (SSSR count). The summed E-state index contributed by atoms with van der Waals surface area (Å²) < 4.78 is 4.66. The summed E-state index contributed by atoms with van der Waals surface area (Å²) in [6.07, 6.45) is 4.77. The van der Waals surface area contributed by atoms with Crippen molar-refractivity contribution in [3.05, 3.63) is 28.4 Å². The Kier molecular flexibility index (Phi) is 5.63. The van der Waals surface area contributed by atoms with Crippen molar-refractivity contribution in [2.45, 2.75) is 19.4 Å². The molecule has 0 radical (unpaired) electrons. The van der Waals surface area contributed by atoms with Crippen LogP contribution in [0.25, 0.3) is 11.0 Å². The Morgan fingerprint density at radius 2 is 2.20 bits per heavy atom. The summed E-state index contributed by atoms with van der Waals surface area (Å²) in [5.41, 5.74) is 1.92. The average Bonchev–Trinajstić information content (AvgIpc) is 2.82. The topological polar surface area (TPSA) is 123 Å². The van der Waals surface area contributed by atoms with Crippen molar-refractivity contribution < 1.29 is 14.3 Å². The third-order valence-electron chi connectivity index (χ3n) is 2.82. The Morgan fingerprint density at radius 3 is 3.00 bits per heavy atom. The zero-order valence-electron chi connectivity index (χ0n) is 10.8. The number of rotatable bonds is 8. The maximum absolute atomic E-state index is 11.5. The molecule has 0 aromatic carbocycles. The van der Waals surface area contributed by atoms with Gasteiger partial charge in [-0.25, -0.2) is 4.98 Å². The number of H-pyrrole nitrogens is 2. The zero-order valence-corrected chi connectivity index (χ0v) is 11.7. The lowest BCUT2D eigenvalue weighted by molar-refractivity contribution is 0.249. The Hall–Kier alpha value is -1.31. The van der Waals surface area contributed by atoms with Gasteiger partial charge in [-0.1, -0.05) is 0 Å². The predicted molar refractivity (Wildman–Crippen MR) is 75.0 cm³/mol. The number of hydrogen-bond donors (Lipinski definition) is 5. The molecule has 0 aliphatic rings. The second-order valence-corrected chi connectivity index (χ2v) is 5.00. The predicted octanol–water partition coefficient (Wildman–Crippen LogP) is 0.349. The van der Waals surface area contributed by atoms with Gasteiger partial charge in [0.1, 0.15) is 5.52 Å². The lowest BCUT2D eigenvalue weighted by Gasteiger charge is -2.05. The van der Waals surface area contributed by atoms with E-state index in [1.807, 2.05) is 0 Å². The SMILES string of the molecule is O=c1[nH]cnc2c(CNCCCCOP(O)O)c[nH]c12. The summed E-state index contributed by atoms with van der Waals surface area (Å²) in [6, 6.07) is 0. The van der Waals surface area contributed by atoms with E-state index in [9.17, 15) is 4.79 Å². The van der Waals surface area contributed by atoms with Crippen molar-refractivity contribution in [3.63, 3.8) is 0 Å². The van der Waals surface area contributed by atoms with E-state index >= 15 is 0 Å². The Bertz CT molecular complexity index is 597. The minimum atomic E-state index is -2.24. The molecule has 2 aromatic rings. The Labute approximate surface area is 116 Å². The van der Waals surface area contributed by atoms with Gasteiger partial charge in [-0.05, 0) is 19.4 Å². The summed E-state index contributed by atoms with van der Waals surface area (Å²) in [6.45, 7) is 1.72. The van der Waals surface area contributed by atoms with Crippen molar-refractivity contribution in [2.75, 3.05) is 13.2 Å². The number of nitrogens with one attached hydrogen (secondary N) is 3. The van der Waals surface area contributed by atoms with Crippen molar-refractivity contribution in [2.24, 2.45) is 0 Å². The first-order valence-electron chi connectivity index (χ1n) is 6.23. The number of unbranched alkanes of at least 4 members (excludes halogenated alkanes) is 1. The van der Waals surface area contributed by atoms with E-state index < -0.39 is 8.60 Å². The molecule has 0 atom stereocenters. The fraction of sp³-hybridized carbons (Fsp3) is 0.455. The molecule has 0 fully saturated rings. The quantitative estimate of drug-likeness (QED) is 0.354. The van der Waals surface area contributed by atoms with E-state index in [-0.39, 0.29) is 5.56 Å². The van der Waals surface area contributed by atoms with E-state index in [0.717, 1.165) is 24.9 Å². The summed E-state index contributed by atoms with van der Waals surface area (Å²) in [5, 5.41) is 3.24. The molecule has 0 bridgehead atoms. The third-order valence-corrected chi connectivity index (χ3v) is 3.23. The number of aromatic nitrogens is 3. The summed E-state index contributed by atoms with van der Waals surface area (Å²) in [7, 11) is -2.24. The second-order valence-electron chi connectivity index (χ2n) is 4.24. The highest BCUT2D eigenvalue weighted by Crippen LogP contribution is 2.24. The molecule has 0 unspecified atom stereocenters. The number of fused-ring (bicyclic) bond motifs is 1. The lowest BCUT2D eigenvalue weighted by atomic mass is 10.2. The molecule has 9 heteroatoms. The average molecular weight is 300 g/mol. The molecule has 0 spiro atoms. The lowest BCUT2D eigenvalue weighted by Crippen LogP contribution is -2.15. The maximum atomic E-state index is 11.5. The van der Waals surface area contributed by atoms with Gasteiger partial charge in [-0.2, -0.15) is 0 Å². The molecule has 0 amide bonds. The van der Waals surface area contributed by atoms with Crippen molar-refractivity contribution >= 4 is 19.6 Å². The van der Waals surface area contributed by atoms with Crippen LogP contribution >= 0.6 is 8.60 Å². The third kappa shape index (κ3) is 4.09.